The van der Waals surface area contributed by atoms with Crippen molar-refractivity contribution in [3.8, 4) is 90.3 Å². The number of rotatable bonds is 26. The first-order chi connectivity index (χ1) is 63.3. The monoisotopic (exact) mass is 1780 g/mol. The lowest BCUT2D eigenvalue weighted by atomic mass is 9.72. The number of anilines is 4. The fraction of sp³-hybridized carbons (Fsp3) is 0.299. The number of carbonyl (C=O) groups excluding carboxylic acids is 3. The fourth-order valence-corrected chi connectivity index (χ4v) is 15.5. The Morgan fingerprint density at radius 1 is 0.447 bits per heavy atom. The van der Waals surface area contributed by atoms with Crippen LogP contribution in [0.5, 0.6) is 0 Å². The first-order valence-electron chi connectivity index (χ1n) is 43.2. The summed E-state index contributed by atoms with van der Waals surface area (Å²) in [7, 11) is 8.42. The molecular weight excluding hydrogens is 1670 g/mol. The Kier molecular flexibility index (Phi) is 26.4. The van der Waals surface area contributed by atoms with E-state index in [-0.39, 0.29) is 65.9 Å². The van der Waals surface area contributed by atoms with Gasteiger partial charge in [0.25, 0.3) is 23.6 Å². The van der Waals surface area contributed by atoms with Crippen LogP contribution in [0.4, 0.5) is 27.8 Å². The minimum absolute atomic E-state index is 0.0411. The number of aromatic nitrogens is 20. The van der Waals surface area contributed by atoms with Gasteiger partial charge < -0.3 is 56.1 Å². The van der Waals surface area contributed by atoms with E-state index in [4.69, 9.17) is 51.0 Å². The number of hydrogen-bond acceptors (Lipinski definition) is 28. The second-order valence-corrected chi connectivity index (χ2v) is 34.5. The van der Waals surface area contributed by atoms with Crippen molar-refractivity contribution in [2.24, 2.45) is 17.8 Å². The van der Waals surface area contributed by atoms with E-state index in [2.05, 4.69) is 190 Å². The maximum Gasteiger partial charge on any atom is 0.261 e. The fourth-order valence-electron chi connectivity index (χ4n) is 15.5. The molecule has 0 aliphatic heterocycles. The Labute approximate surface area is 761 Å². The molecule has 4 atom stereocenters. The number of nitrogens with zero attached hydrogens (tertiary/aromatic N) is 22. The highest BCUT2D eigenvalue weighted by Crippen LogP contribution is 2.53. The number of hydrogen-bond donors (Lipinski definition) is 5. The van der Waals surface area contributed by atoms with Crippen LogP contribution >= 0.6 is 0 Å². The summed E-state index contributed by atoms with van der Waals surface area (Å²) in [6.07, 6.45) is 23.8. The van der Waals surface area contributed by atoms with Gasteiger partial charge in [0, 0.05) is 118 Å². The summed E-state index contributed by atoms with van der Waals surface area (Å²) in [6.45, 7) is 19.2. The molecule has 0 spiro atoms. The molecule has 4 aromatic carbocycles. The first kappa shape index (κ1) is 91.1. The minimum atomic E-state index is -0.539. The molecule has 0 radical (unpaired) electrons. The van der Waals surface area contributed by atoms with E-state index in [0.717, 1.165) is 110 Å². The topological polar surface area (TPSA) is 460 Å². The molecule has 9 N–H and O–H groups in total. The van der Waals surface area contributed by atoms with E-state index in [9.17, 15) is 18.8 Å². The van der Waals surface area contributed by atoms with Crippen LogP contribution < -0.4 is 28.3 Å². The standard InChI is InChI=1S/C26H29N7O2.C25H26FN7O2.C23H26N8O2.C23H23N5O/c1-16-21(11-12-22(27)29-16)17-5-7-19(8-6-17)26(2,20-9-10-20)25-30-24(35-31-25)18-13-28-33(14-18)15-23(34)32(3)4;1-25(19-8-9-19,18-6-4-15(5-7-18)16-10-20(26)22(27)28-11-16)24-30-23(35-31-24)17-12-29-33(13-17)14-21(34)32(2)3;1-14(2)23(3,18-7-5-15(6-8-18)16-9-26-22(24)27-10-16)21-29-20(33-30-21)17-11-28-31(12-17)13-19(32)25-4;1-4-23(3,22-27-21(29-28-22)18-6-5-15(2)25-14-18)19-10-7-16(8-11-19)17-9-12-20(24)26-13-17/h5-8,11-14,20H,9-10,15H2,1-4H3,(H2,27,29);4-7,10-13,19H,8-9,14H2,1-3H3,(H2,27,28);5-12,14H,13H2,1-4H3,(H,25,32)(H2,24,26,27);5-14H,4H2,1-3H3,(H2,24,26)/t26-;25-;;/m00../s1. The molecule has 2 saturated carbocycles. The second-order valence-electron chi connectivity index (χ2n) is 34.5. The minimum Gasteiger partial charge on any atom is -0.384 e. The third-order valence-electron chi connectivity index (χ3n) is 24.9. The molecule has 34 nitrogen and oxygen atoms in total. The van der Waals surface area contributed by atoms with Gasteiger partial charge in [0.05, 0.1) is 62.5 Å². The number of benzene rings is 4. The molecule has 676 valence electrons. The number of halogens is 1. The Bertz CT molecular complexity index is 6700. The number of likely N-dealkylation sites (N-methyl/N-ethyl adjacent to an activating group) is 3. The van der Waals surface area contributed by atoms with E-state index < -0.39 is 16.6 Å². The molecule has 16 aromatic rings. The number of pyridine rings is 4. The highest BCUT2D eigenvalue weighted by atomic mass is 19.1. The molecule has 2 aliphatic rings. The summed E-state index contributed by atoms with van der Waals surface area (Å²) in [4.78, 5) is 82.3. The van der Waals surface area contributed by atoms with E-state index in [1.54, 1.807) is 119 Å². The first-order valence-corrected chi connectivity index (χ1v) is 43.2. The maximum atomic E-state index is 13.9. The summed E-state index contributed by atoms with van der Waals surface area (Å²) in [5, 5.41) is 32.6. The van der Waals surface area contributed by atoms with Crippen molar-refractivity contribution in [3.05, 3.63) is 270 Å². The smallest absolute Gasteiger partial charge is 0.261 e. The molecule has 0 saturated heterocycles. The summed E-state index contributed by atoms with van der Waals surface area (Å²) in [5.41, 5.74) is 37.6. The summed E-state index contributed by atoms with van der Waals surface area (Å²) in [6, 6.07) is 45.8. The van der Waals surface area contributed by atoms with Crippen LogP contribution in [-0.4, -0.2) is 163 Å². The second kappa shape index (κ2) is 38.3. The Balaban J connectivity index is 0.000000135. The average Bonchev–Trinajstić information content (AvgIpc) is 1.59. The van der Waals surface area contributed by atoms with Crippen molar-refractivity contribution < 1.29 is 36.9 Å². The lowest BCUT2D eigenvalue weighted by Crippen LogP contribution is -2.31. The van der Waals surface area contributed by atoms with E-state index in [1.165, 1.54) is 20.5 Å². The predicted octanol–water partition coefficient (Wildman–Crippen LogP) is 14.7. The van der Waals surface area contributed by atoms with Crippen LogP contribution in [-0.2, 0) is 55.7 Å². The normalized spacial score (nSPS) is 14.2. The largest absolute Gasteiger partial charge is 0.384 e. The van der Waals surface area contributed by atoms with Crippen molar-refractivity contribution >= 4 is 41.1 Å². The molecule has 0 bridgehead atoms. The van der Waals surface area contributed by atoms with Crippen molar-refractivity contribution in [3.63, 3.8) is 0 Å². The molecule has 2 unspecified atom stereocenters. The Morgan fingerprint density at radius 2 is 0.856 bits per heavy atom. The molecular formula is C97H104FN27O7. The third-order valence-corrected chi connectivity index (χ3v) is 24.9. The highest BCUT2D eigenvalue weighted by molar-refractivity contribution is 5.77. The van der Waals surface area contributed by atoms with Gasteiger partial charge in [-0.1, -0.05) is 138 Å². The summed E-state index contributed by atoms with van der Waals surface area (Å²) in [5.74, 6) is 5.49. The number of carbonyl (C=O) groups is 3. The van der Waals surface area contributed by atoms with Crippen LogP contribution in [0.3, 0.4) is 0 Å². The molecule has 132 heavy (non-hydrogen) atoms. The van der Waals surface area contributed by atoms with Crippen molar-refractivity contribution in [2.75, 3.05) is 58.2 Å². The van der Waals surface area contributed by atoms with E-state index in [1.807, 2.05) is 80.6 Å². The molecule has 12 aromatic heterocycles. The number of nitrogen functional groups attached to an aromatic ring is 4. The van der Waals surface area contributed by atoms with Gasteiger partial charge in [-0.3, -0.25) is 33.4 Å². The van der Waals surface area contributed by atoms with Crippen LogP contribution in [0.15, 0.2) is 226 Å². The number of amides is 3. The van der Waals surface area contributed by atoms with Crippen LogP contribution in [0, 0.1) is 37.4 Å². The summed E-state index contributed by atoms with van der Waals surface area (Å²) >= 11 is 0. The summed E-state index contributed by atoms with van der Waals surface area (Å²) < 4.78 is 40.9. The van der Waals surface area contributed by atoms with Gasteiger partial charge in [-0.15, -0.1) is 0 Å². The maximum absolute atomic E-state index is 13.9. The molecule has 35 heteroatoms. The Hall–Kier alpha value is -15.7. The molecule has 2 aliphatic carbocycles. The van der Waals surface area contributed by atoms with Crippen molar-refractivity contribution in [1.82, 2.24) is 115 Å². The molecule has 18 rings (SSSR count). The van der Waals surface area contributed by atoms with Gasteiger partial charge in [-0.25, -0.2) is 29.3 Å². The van der Waals surface area contributed by atoms with Crippen molar-refractivity contribution in [2.45, 2.75) is 136 Å². The predicted molar refractivity (Wildman–Crippen MR) is 496 cm³/mol. The number of nitrogens with one attached hydrogen (secondary N) is 1. The quantitative estimate of drug-likeness (QED) is 0.0336. The zero-order valence-corrected chi connectivity index (χ0v) is 75.9. The molecule has 12 heterocycles. The Morgan fingerprint density at radius 3 is 1.31 bits per heavy atom. The van der Waals surface area contributed by atoms with Crippen LogP contribution in [0.1, 0.15) is 138 Å². The van der Waals surface area contributed by atoms with Gasteiger partial charge in [-0.2, -0.15) is 35.2 Å². The van der Waals surface area contributed by atoms with Gasteiger partial charge in [-0.05, 0) is 178 Å². The van der Waals surface area contributed by atoms with Crippen molar-refractivity contribution in [1.29, 1.82) is 0 Å². The lowest BCUT2D eigenvalue weighted by molar-refractivity contribution is -0.130. The van der Waals surface area contributed by atoms with E-state index >= 15 is 0 Å². The number of aryl methyl sites for hydroxylation is 2. The number of nitrogens with two attached hydrogens (primary N) is 4. The average molecular weight is 1780 g/mol. The van der Waals surface area contributed by atoms with Crippen LogP contribution in [0.25, 0.3) is 90.3 Å². The zero-order chi connectivity index (χ0) is 93.5. The van der Waals surface area contributed by atoms with Crippen LogP contribution in [0.2, 0.25) is 0 Å². The lowest BCUT2D eigenvalue weighted by Gasteiger charge is -2.31. The third kappa shape index (κ3) is 19.8. The molecule has 2 fully saturated rings. The zero-order valence-electron chi connectivity index (χ0n) is 75.9. The SMILES string of the molecule is CCC(C)(c1ccc(-c2ccc(N)nc2)cc1)c1noc(-c2ccc(C)nc2)n1.CN(C)C(=O)Cn1cc(-c2nc([C@@](C)(c3ccc(-c4cnc(N)c(F)c4)cc3)C3CC3)no2)cn1.CNC(=O)Cn1cc(-c2nc(C(C)(c3ccc(-c4cnc(N)nc4)cc3)C(C)C)no2)cn1.Cc1nc(N)ccc1-c1ccc([C@](C)(c2noc(-c3cnn(CC(=O)N(C)C)c3)n2)C2CC2)cc1. The van der Waals surface area contributed by atoms with E-state index in [0.29, 0.717) is 92.6 Å². The van der Waals surface area contributed by atoms with Gasteiger partial charge in [0.2, 0.25) is 23.7 Å². The van der Waals surface area contributed by atoms with Gasteiger partial charge >= 0.3 is 0 Å². The van der Waals surface area contributed by atoms with Gasteiger partial charge in [0.15, 0.2) is 34.9 Å². The molecule has 3 amide bonds. The van der Waals surface area contributed by atoms with Gasteiger partial charge in [0.1, 0.15) is 31.3 Å². The highest BCUT2D eigenvalue weighted by Gasteiger charge is 2.49.